The molecule has 0 heterocycles. The molecule has 5 rings (SSSR count). The molecule has 4 aromatic carbocycles. The van der Waals surface area contributed by atoms with Crippen LogP contribution in [0, 0.1) is 51.4 Å². The number of benzene rings is 4. The molecular formula is C44H56O8. The van der Waals surface area contributed by atoms with Gasteiger partial charge in [-0.05, 0) is 172 Å². The Hall–Kier alpha value is -4.72. The summed E-state index contributed by atoms with van der Waals surface area (Å²) in [5.41, 5.74) is 7.23. The molecule has 0 atom stereocenters. The Labute approximate surface area is 307 Å². The zero-order valence-corrected chi connectivity index (χ0v) is 31.9. The second-order valence-corrected chi connectivity index (χ2v) is 16.1. The van der Waals surface area contributed by atoms with Gasteiger partial charge in [0.1, 0.15) is 46.0 Å². The second-order valence-electron chi connectivity index (χ2n) is 16.1. The second kappa shape index (κ2) is 15.1. The molecule has 52 heavy (non-hydrogen) atoms. The first kappa shape index (κ1) is 38.5. The van der Waals surface area contributed by atoms with Gasteiger partial charge in [0, 0.05) is 22.3 Å². The highest BCUT2D eigenvalue weighted by atomic mass is 16.3. The van der Waals surface area contributed by atoms with Gasteiger partial charge in [0.2, 0.25) is 0 Å². The van der Waals surface area contributed by atoms with E-state index in [4.69, 9.17) is 0 Å². The van der Waals surface area contributed by atoms with Crippen molar-refractivity contribution in [2.75, 3.05) is 0 Å². The normalized spacial score (nSPS) is 20.3. The van der Waals surface area contributed by atoms with E-state index in [0.717, 1.165) is 0 Å². The van der Waals surface area contributed by atoms with E-state index in [2.05, 4.69) is 0 Å². The maximum atomic E-state index is 11.1. The minimum Gasteiger partial charge on any atom is -0.507 e. The lowest BCUT2D eigenvalue weighted by atomic mass is 9.85. The number of phenols is 8. The summed E-state index contributed by atoms with van der Waals surface area (Å²) in [6.45, 7) is 15.0. The van der Waals surface area contributed by atoms with Gasteiger partial charge in [-0.2, -0.15) is 0 Å². The van der Waals surface area contributed by atoms with Crippen LogP contribution in [0.15, 0.2) is 24.3 Å². The van der Waals surface area contributed by atoms with Crippen molar-refractivity contribution >= 4 is 0 Å². The molecule has 8 nitrogen and oxygen atoms in total. The first-order valence-electron chi connectivity index (χ1n) is 18.5. The Kier molecular flexibility index (Phi) is 11.2. The van der Waals surface area contributed by atoms with E-state index in [0.29, 0.717) is 118 Å². The van der Waals surface area contributed by atoms with Crippen LogP contribution in [0.2, 0.25) is 0 Å². The zero-order valence-electron chi connectivity index (χ0n) is 31.9. The van der Waals surface area contributed by atoms with E-state index >= 15 is 0 Å². The molecule has 280 valence electrons. The molecule has 8 heteroatoms. The van der Waals surface area contributed by atoms with Gasteiger partial charge in [0.25, 0.3) is 0 Å². The number of rotatable bonds is 0. The molecule has 0 saturated carbocycles. The van der Waals surface area contributed by atoms with Crippen LogP contribution in [0.1, 0.15) is 94.5 Å². The fraction of sp³-hybridized carbons (Fsp3) is 0.455. The van der Waals surface area contributed by atoms with Crippen LogP contribution in [-0.4, -0.2) is 40.9 Å². The van der Waals surface area contributed by atoms with E-state index in [-0.39, 0.29) is 69.7 Å². The fourth-order valence-electron chi connectivity index (χ4n) is 8.30. The third-order valence-electron chi connectivity index (χ3n) is 11.2. The van der Waals surface area contributed by atoms with Crippen LogP contribution in [0.3, 0.4) is 0 Å². The largest absolute Gasteiger partial charge is 0.507 e. The molecule has 0 aliphatic heterocycles. The summed E-state index contributed by atoms with van der Waals surface area (Å²) < 4.78 is 0. The van der Waals surface area contributed by atoms with Crippen LogP contribution in [0.5, 0.6) is 46.0 Å². The molecule has 8 N–H and O–H groups in total. The van der Waals surface area contributed by atoms with E-state index in [9.17, 15) is 40.9 Å². The molecule has 0 saturated heterocycles. The summed E-state index contributed by atoms with van der Waals surface area (Å²) >= 11 is 0. The number of aromatic hydroxyl groups is 8. The van der Waals surface area contributed by atoms with Crippen LogP contribution in [0.4, 0.5) is 0 Å². The Morgan fingerprint density at radius 2 is 0.404 bits per heavy atom. The molecule has 1 aliphatic carbocycles. The maximum Gasteiger partial charge on any atom is 0.125 e. The Bertz CT molecular complexity index is 1590. The highest BCUT2D eigenvalue weighted by Gasteiger charge is 2.25. The quantitative estimate of drug-likeness (QED) is 0.0900. The molecule has 0 unspecified atom stereocenters. The minimum atomic E-state index is -0.0150. The van der Waals surface area contributed by atoms with Gasteiger partial charge in [-0.3, -0.25) is 0 Å². The average molecular weight is 713 g/mol. The van der Waals surface area contributed by atoms with Crippen LogP contribution in [0.25, 0.3) is 0 Å². The highest BCUT2D eigenvalue weighted by molar-refractivity contribution is 5.57. The number of phenolic OH excluding ortho intramolecular Hbond substituents is 8. The van der Waals surface area contributed by atoms with Crippen molar-refractivity contribution in [2.24, 2.45) is 23.7 Å². The van der Waals surface area contributed by atoms with Crippen molar-refractivity contribution in [3.05, 3.63) is 91.0 Å². The Morgan fingerprint density at radius 3 is 0.519 bits per heavy atom. The van der Waals surface area contributed by atoms with Gasteiger partial charge >= 0.3 is 0 Å². The summed E-state index contributed by atoms with van der Waals surface area (Å²) in [5, 5.41) is 88.9. The van der Waals surface area contributed by atoms with E-state index in [1.165, 1.54) is 0 Å². The minimum absolute atomic E-state index is 0.0150. The molecule has 1 aliphatic rings. The number of hydrogen-bond donors (Lipinski definition) is 8. The molecule has 4 aromatic rings. The van der Waals surface area contributed by atoms with Gasteiger partial charge in [-0.1, -0.05) is 27.7 Å². The Morgan fingerprint density at radius 1 is 0.288 bits per heavy atom. The lowest BCUT2D eigenvalue weighted by Crippen LogP contribution is -2.11. The van der Waals surface area contributed by atoms with E-state index in [1.807, 2.05) is 52.0 Å². The number of fused-ring (bicyclic) bond motifs is 8. The van der Waals surface area contributed by atoms with Crippen molar-refractivity contribution in [1.82, 2.24) is 0 Å². The molecule has 8 bridgehead atoms. The summed E-state index contributed by atoms with van der Waals surface area (Å²) in [6, 6.07) is 7.42. The predicted molar refractivity (Wildman–Crippen MR) is 204 cm³/mol. The number of hydrogen-bond acceptors (Lipinski definition) is 8. The van der Waals surface area contributed by atoms with Crippen molar-refractivity contribution in [3.8, 4) is 46.0 Å². The predicted octanol–water partition coefficient (Wildman–Crippen LogP) is 8.56. The van der Waals surface area contributed by atoms with E-state index < -0.39 is 0 Å². The zero-order chi connectivity index (χ0) is 38.3. The molecular weight excluding hydrogens is 656 g/mol. The SMILES string of the molecule is Cc1c(O)c2cc(c1O)CC(C)Cc1cc(c(O)c(C)c1O)CC(C)Cc1cc(c(O)c(C)c1O)CC(C)Cc1cc(c(O)c(C)c1O)CC(C)C2. The monoisotopic (exact) mass is 712 g/mol. The Balaban J connectivity index is 1.60. The third kappa shape index (κ3) is 7.71. The summed E-state index contributed by atoms with van der Waals surface area (Å²) in [7, 11) is 0. The van der Waals surface area contributed by atoms with Crippen LogP contribution in [-0.2, 0) is 51.4 Å². The summed E-state index contributed by atoms with van der Waals surface area (Å²) in [6.07, 6.45) is 3.89. The van der Waals surface area contributed by atoms with Crippen molar-refractivity contribution < 1.29 is 40.9 Å². The first-order valence-corrected chi connectivity index (χ1v) is 18.5. The molecule has 0 fully saturated rings. The topological polar surface area (TPSA) is 162 Å². The van der Waals surface area contributed by atoms with Crippen LogP contribution < -0.4 is 0 Å². The summed E-state index contributed by atoms with van der Waals surface area (Å²) in [4.78, 5) is 0. The van der Waals surface area contributed by atoms with Gasteiger partial charge in [-0.25, -0.2) is 0 Å². The fourth-order valence-corrected chi connectivity index (χ4v) is 8.30. The molecule has 0 amide bonds. The van der Waals surface area contributed by atoms with E-state index in [1.54, 1.807) is 27.7 Å². The first-order chi connectivity index (χ1) is 24.4. The molecule has 0 radical (unpaired) electrons. The van der Waals surface area contributed by atoms with Gasteiger partial charge in [0.05, 0.1) is 0 Å². The van der Waals surface area contributed by atoms with Gasteiger partial charge in [0.15, 0.2) is 0 Å². The van der Waals surface area contributed by atoms with Crippen molar-refractivity contribution in [2.45, 2.75) is 107 Å². The lowest BCUT2D eigenvalue weighted by molar-refractivity contribution is 0.416. The average Bonchev–Trinajstić information content (AvgIpc) is 3.08. The van der Waals surface area contributed by atoms with Crippen molar-refractivity contribution in [3.63, 3.8) is 0 Å². The molecule has 0 spiro atoms. The maximum absolute atomic E-state index is 11.1. The van der Waals surface area contributed by atoms with Gasteiger partial charge < -0.3 is 40.9 Å². The third-order valence-corrected chi connectivity index (χ3v) is 11.2. The van der Waals surface area contributed by atoms with Gasteiger partial charge in [-0.15, -0.1) is 0 Å². The van der Waals surface area contributed by atoms with Crippen LogP contribution >= 0.6 is 0 Å². The van der Waals surface area contributed by atoms with Crippen molar-refractivity contribution in [1.29, 1.82) is 0 Å². The standard InChI is InChI=1S/C44H56O8/c1-21-9-29-17-31(39(47)25(5)37(29)45)11-22(2)13-33-19-35(43(51)27(7)41(33)49)15-24(4)16-36-20-34(42(50)28(8)44(36)52)14-23(3)12-32-18-30(10-21)38(46)26(6)40(32)48/h17-24,45-52H,9-16H2,1-8H3. The lowest BCUT2D eigenvalue weighted by Gasteiger charge is -2.22. The molecule has 0 aromatic heterocycles. The highest BCUT2D eigenvalue weighted by Crippen LogP contribution is 2.42. The smallest absolute Gasteiger partial charge is 0.125 e. The summed E-state index contributed by atoms with van der Waals surface area (Å²) in [5.74, 6) is 0.305.